The molecule has 0 saturated heterocycles. The lowest BCUT2D eigenvalue weighted by Gasteiger charge is -2.19. The first kappa shape index (κ1) is 16.2. The molecule has 0 radical (unpaired) electrons. The molecule has 6 heteroatoms. The summed E-state index contributed by atoms with van der Waals surface area (Å²) >= 11 is 0. The predicted octanol–water partition coefficient (Wildman–Crippen LogP) is 1.75. The monoisotopic (exact) mass is 279 g/mol. The smallest absolute Gasteiger partial charge is 0.216 e. The van der Waals surface area contributed by atoms with E-state index in [-0.39, 0.29) is 11.3 Å². The van der Waals surface area contributed by atoms with Gasteiger partial charge in [0.1, 0.15) is 17.5 Å². The Balaban J connectivity index is 2.78. The van der Waals surface area contributed by atoms with Gasteiger partial charge >= 0.3 is 0 Å². The van der Waals surface area contributed by atoms with Crippen LogP contribution in [0.4, 0.5) is 11.6 Å². The molecule has 0 unspecified atom stereocenters. The second-order valence-corrected chi connectivity index (χ2v) is 5.65. The summed E-state index contributed by atoms with van der Waals surface area (Å²) in [6.07, 6.45) is 0. The molecule has 0 aromatic carbocycles. The minimum Gasteiger partial charge on any atom is -0.370 e. The van der Waals surface area contributed by atoms with Crippen LogP contribution in [0.1, 0.15) is 40.4 Å². The first-order chi connectivity index (χ1) is 9.32. The number of anilines is 2. The van der Waals surface area contributed by atoms with E-state index in [1.54, 1.807) is 0 Å². The van der Waals surface area contributed by atoms with E-state index < -0.39 is 0 Å². The number of amides is 1. The summed E-state index contributed by atoms with van der Waals surface area (Å²) in [6, 6.07) is 1.88. The third-order valence-corrected chi connectivity index (χ3v) is 2.56. The molecule has 0 aliphatic rings. The number of rotatable bonds is 6. The predicted molar refractivity (Wildman–Crippen MR) is 82.1 cm³/mol. The molecule has 112 valence electrons. The maximum atomic E-state index is 10.8. The molecule has 0 bridgehead atoms. The highest BCUT2D eigenvalue weighted by Crippen LogP contribution is 2.22. The first-order valence-electron chi connectivity index (χ1n) is 6.94. The van der Waals surface area contributed by atoms with Crippen molar-refractivity contribution in [2.24, 2.45) is 0 Å². The maximum Gasteiger partial charge on any atom is 0.216 e. The van der Waals surface area contributed by atoms with Crippen LogP contribution in [0.2, 0.25) is 0 Å². The van der Waals surface area contributed by atoms with Crippen molar-refractivity contribution in [2.75, 3.05) is 30.3 Å². The van der Waals surface area contributed by atoms with Gasteiger partial charge in [0, 0.05) is 38.0 Å². The van der Waals surface area contributed by atoms with E-state index in [0.29, 0.717) is 13.1 Å². The lowest BCUT2D eigenvalue weighted by Crippen LogP contribution is -2.27. The van der Waals surface area contributed by atoms with Crippen molar-refractivity contribution >= 4 is 17.5 Å². The van der Waals surface area contributed by atoms with Gasteiger partial charge in [0.2, 0.25) is 5.91 Å². The Morgan fingerprint density at radius 2 is 1.75 bits per heavy atom. The Labute approximate surface area is 120 Å². The molecular formula is C14H25N5O. The lowest BCUT2D eigenvalue weighted by atomic mass is 9.96. The van der Waals surface area contributed by atoms with E-state index in [1.807, 2.05) is 13.0 Å². The molecule has 1 aromatic heterocycles. The van der Waals surface area contributed by atoms with Crippen molar-refractivity contribution in [2.45, 2.75) is 40.0 Å². The summed E-state index contributed by atoms with van der Waals surface area (Å²) in [6.45, 7) is 11.8. The van der Waals surface area contributed by atoms with Crippen LogP contribution < -0.4 is 16.0 Å². The molecule has 1 heterocycles. The van der Waals surface area contributed by atoms with Crippen molar-refractivity contribution in [3.05, 3.63) is 11.9 Å². The van der Waals surface area contributed by atoms with Gasteiger partial charge in [-0.25, -0.2) is 9.97 Å². The Hall–Kier alpha value is -1.85. The van der Waals surface area contributed by atoms with Crippen LogP contribution in [0.5, 0.6) is 0 Å². The third kappa shape index (κ3) is 5.42. The van der Waals surface area contributed by atoms with Gasteiger partial charge in [-0.2, -0.15) is 0 Å². The number of hydrogen-bond acceptors (Lipinski definition) is 5. The minimum atomic E-state index is -0.112. The average molecular weight is 279 g/mol. The Bertz CT molecular complexity index is 453. The standard InChI is InChI=1S/C14H25N5O/c1-6-15-11-9-12(17-8-7-16-10(2)20)19-13(18-11)14(3,4)5/h9H,6-8H2,1-5H3,(H,16,20)(H2,15,17,18,19). The largest absolute Gasteiger partial charge is 0.370 e. The van der Waals surface area contributed by atoms with Gasteiger partial charge in [-0.05, 0) is 6.92 Å². The maximum absolute atomic E-state index is 10.8. The van der Waals surface area contributed by atoms with Gasteiger partial charge < -0.3 is 16.0 Å². The number of aromatic nitrogens is 2. The van der Waals surface area contributed by atoms with Crippen molar-refractivity contribution in [3.8, 4) is 0 Å². The van der Waals surface area contributed by atoms with E-state index in [9.17, 15) is 4.79 Å². The van der Waals surface area contributed by atoms with Crippen LogP contribution in [0.15, 0.2) is 6.07 Å². The normalized spacial score (nSPS) is 11.1. The van der Waals surface area contributed by atoms with Crippen LogP contribution >= 0.6 is 0 Å². The number of nitrogens with zero attached hydrogens (tertiary/aromatic N) is 2. The highest BCUT2D eigenvalue weighted by molar-refractivity contribution is 5.72. The number of carbonyl (C=O) groups excluding carboxylic acids is 1. The van der Waals surface area contributed by atoms with Crippen LogP contribution in [0, 0.1) is 0 Å². The number of nitrogens with one attached hydrogen (secondary N) is 3. The first-order valence-corrected chi connectivity index (χ1v) is 6.94. The van der Waals surface area contributed by atoms with Crippen molar-refractivity contribution < 1.29 is 4.79 Å². The molecule has 0 aliphatic heterocycles. The van der Waals surface area contributed by atoms with Crippen LogP contribution in [-0.2, 0) is 10.2 Å². The second-order valence-electron chi connectivity index (χ2n) is 5.65. The summed E-state index contributed by atoms with van der Waals surface area (Å²) in [4.78, 5) is 19.9. The fourth-order valence-corrected chi connectivity index (χ4v) is 1.57. The van der Waals surface area contributed by atoms with Crippen molar-refractivity contribution in [1.29, 1.82) is 0 Å². The fourth-order valence-electron chi connectivity index (χ4n) is 1.57. The Kier molecular flexibility index (Phi) is 5.73. The highest BCUT2D eigenvalue weighted by atomic mass is 16.1. The minimum absolute atomic E-state index is 0.0294. The molecule has 20 heavy (non-hydrogen) atoms. The zero-order chi connectivity index (χ0) is 15.2. The summed E-state index contributed by atoms with van der Waals surface area (Å²) < 4.78 is 0. The molecular weight excluding hydrogens is 254 g/mol. The fraction of sp³-hybridized carbons (Fsp3) is 0.643. The van der Waals surface area contributed by atoms with Crippen LogP contribution in [-0.4, -0.2) is 35.5 Å². The topological polar surface area (TPSA) is 78.9 Å². The molecule has 1 rings (SSSR count). The average Bonchev–Trinajstić information content (AvgIpc) is 2.33. The van der Waals surface area contributed by atoms with Crippen molar-refractivity contribution in [1.82, 2.24) is 15.3 Å². The molecule has 0 saturated carbocycles. The third-order valence-electron chi connectivity index (χ3n) is 2.56. The zero-order valence-electron chi connectivity index (χ0n) is 13.0. The number of carbonyl (C=O) groups is 1. The second kappa shape index (κ2) is 7.07. The van der Waals surface area contributed by atoms with Gasteiger partial charge in [0.25, 0.3) is 0 Å². The van der Waals surface area contributed by atoms with Gasteiger partial charge in [-0.1, -0.05) is 20.8 Å². The molecule has 0 aliphatic carbocycles. The van der Waals surface area contributed by atoms with Crippen LogP contribution in [0.3, 0.4) is 0 Å². The van der Waals surface area contributed by atoms with Crippen molar-refractivity contribution in [3.63, 3.8) is 0 Å². The molecule has 3 N–H and O–H groups in total. The van der Waals surface area contributed by atoms with E-state index in [0.717, 1.165) is 24.0 Å². The quantitative estimate of drug-likeness (QED) is 0.691. The number of hydrogen-bond donors (Lipinski definition) is 3. The van der Waals surface area contributed by atoms with Gasteiger partial charge in [0.05, 0.1) is 0 Å². The van der Waals surface area contributed by atoms with Gasteiger partial charge in [0.15, 0.2) is 0 Å². The van der Waals surface area contributed by atoms with Gasteiger partial charge in [-0.3, -0.25) is 4.79 Å². The zero-order valence-corrected chi connectivity index (χ0v) is 13.0. The van der Waals surface area contributed by atoms with E-state index >= 15 is 0 Å². The molecule has 0 fully saturated rings. The molecule has 1 aromatic rings. The molecule has 0 spiro atoms. The Morgan fingerprint density at radius 3 is 2.25 bits per heavy atom. The molecule has 1 amide bonds. The highest BCUT2D eigenvalue weighted by Gasteiger charge is 2.19. The van der Waals surface area contributed by atoms with Crippen LogP contribution in [0.25, 0.3) is 0 Å². The Morgan fingerprint density at radius 1 is 1.15 bits per heavy atom. The summed E-state index contributed by atoms with van der Waals surface area (Å²) in [5.74, 6) is 2.34. The van der Waals surface area contributed by atoms with E-state index in [2.05, 4.69) is 46.7 Å². The van der Waals surface area contributed by atoms with E-state index in [4.69, 9.17) is 0 Å². The summed E-state index contributed by atoms with van der Waals surface area (Å²) in [5, 5.41) is 9.15. The summed E-state index contributed by atoms with van der Waals surface area (Å²) in [5.41, 5.74) is -0.112. The summed E-state index contributed by atoms with van der Waals surface area (Å²) in [7, 11) is 0. The van der Waals surface area contributed by atoms with Gasteiger partial charge in [-0.15, -0.1) is 0 Å². The molecule has 6 nitrogen and oxygen atoms in total. The SMILES string of the molecule is CCNc1cc(NCCNC(C)=O)nc(C(C)(C)C)n1. The molecule has 0 atom stereocenters. The van der Waals surface area contributed by atoms with E-state index in [1.165, 1.54) is 6.92 Å². The lowest BCUT2D eigenvalue weighted by molar-refractivity contribution is -0.118.